The van der Waals surface area contributed by atoms with E-state index in [1.54, 1.807) is 0 Å². The Hall–Kier alpha value is -4.45. The van der Waals surface area contributed by atoms with Gasteiger partial charge in [0.05, 0.1) is 0 Å². The first-order chi connectivity index (χ1) is 35.5. The molecular weight excluding hydrogens is 889 g/mol. The molecule has 6 nitrogen and oxygen atoms in total. The van der Waals surface area contributed by atoms with Crippen LogP contribution in [-0.4, -0.2) is 37.2 Å². The number of rotatable bonds is 51. The summed E-state index contributed by atoms with van der Waals surface area (Å²) in [7, 11) is 0. The van der Waals surface area contributed by atoms with E-state index in [1.165, 1.54) is 57.8 Å². The normalized spacial score (nSPS) is 13.1. The molecule has 0 saturated carbocycles. The number of allylic oxidation sites excluding steroid dienone is 22. The van der Waals surface area contributed by atoms with Gasteiger partial charge in [-0.25, -0.2) is 0 Å². The number of carbonyl (C=O) groups excluding carboxylic acids is 3. The van der Waals surface area contributed by atoms with Crippen LogP contribution in [-0.2, 0) is 28.6 Å². The Labute approximate surface area is 443 Å². The van der Waals surface area contributed by atoms with Gasteiger partial charge in [0, 0.05) is 19.3 Å². The number of hydrogen-bond donors (Lipinski definition) is 0. The lowest BCUT2D eigenvalue weighted by molar-refractivity contribution is -0.167. The molecule has 0 spiro atoms. The molecule has 0 aliphatic carbocycles. The smallest absolute Gasteiger partial charge is 0.306 e. The second-order valence-corrected chi connectivity index (χ2v) is 18.8. The van der Waals surface area contributed by atoms with Gasteiger partial charge in [-0.1, -0.05) is 219 Å². The maximum atomic E-state index is 12.8. The molecule has 1 atom stereocenters. The summed E-state index contributed by atoms with van der Waals surface area (Å²) in [6.07, 6.45) is 83.0. The van der Waals surface area contributed by atoms with Gasteiger partial charge in [-0.2, -0.15) is 0 Å². The average Bonchev–Trinajstić information content (AvgIpc) is 3.38. The third-order valence-corrected chi connectivity index (χ3v) is 11.9. The highest BCUT2D eigenvalue weighted by Gasteiger charge is 2.19. The second kappa shape index (κ2) is 59.1. The van der Waals surface area contributed by atoms with Crippen LogP contribution in [0.4, 0.5) is 0 Å². The fraction of sp³-hybridized carbons (Fsp3) is 0.621. The first-order valence-corrected chi connectivity index (χ1v) is 29.2. The van der Waals surface area contributed by atoms with Gasteiger partial charge in [-0.3, -0.25) is 14.4 Å². The zero-order chi connectivity index (χ0) is 52.2. The van der Waals surface area contributed by atoms with Crippen molar-refractivity contribution >= 4 is 17.9 Å². The van der Waals surface area contributed by atoms with Crippen LogP contribution in [0.5, 0.6) is 0 Å². The Kier molecular flexibility index (Phi) is 55.5. The Morgan fingerprint density at radius 1 is 0.292 bits per heavy atom. The van der Waals surface area contributed by atoms with Crippen LogP contribution >= 0.6 is 0 Å². The molecule has 0 aliphatic rings. The molecule has 72 heavy (non-hydrogen) atoms. The zero-order valence-electron chi connectivity index (χ0n) is 46.4. The molecule has 0 aromatic carbocycles. The molecule has 0 rings (SSSR count). The lowest BCUT2D eigenvalue weighted by atomic mass is 10.1. The molecule has 0 fully saturated rings. The van der Waals surface area contributed by atoms with Gasteiger partial charge in [0.2, 0.25) is 0 Å². The SMILES string of the molecule is CC/C=C\C/C=C\C/C=C\C/C=C\C/C=C\C/C=C\C/C=C\C/C=C\CCCCC(=O)OCC(COC(=O)CCCCCCC/C=C\CCCCC)OC(=O)CCCCCCC/C=C\C/C=C\CCCCC. The van der Waals surface area contributed by atoms with Crippen molar-refractivity contribution in [3.8, 4) is 0 Å². The predicted octanol–water partition coefficient (Wildman–Crippen LogP) is 19.8. The number of carbonyl (C=O) groups is 3. The average molecular weight is 996 g/mol. The number of ether oxygens (including phenoxy) is 3. The van der Waals surface area contributed by atoms with E-state index in [4.69, 9.17) is 14.2 Å². The second-order valence-electron chi connectivity index (χ2n) is 18.8. The summed E-state index contributed by atoms with van der Waals surface area (Å²) >= 11 is 0. The van der Waals surface area contributed by atoms with E-state index in [-0.39, 0.29) is 31.1 Å². The molecule has 0 aromatic rings. The third-order valence-electron chi connectivity index (χ3n) is 11.9. The van der Waals surface area contributed by atoms with Crippen LogP contribution in [0, 0.1) is 0 Å². The van der Waals surface area contributed by atoms with E-state index in [1.807, 2.05) is 0 Å². The Morgan fingerprint density at radius 3 is 0.889 bits per heavy atom. The largest absolute Gasteiger partial charge is 0.462 e. The summed E-state index contributed by atoms with van der Waals surface area (Å²) in [4.78, 5) is 38.1. The molecule has 0 heterocycles. The van der Waals surface area contributed by atoms with Crippen molar-refractivity contribution in [2.45, 2.75) is 252 Å². The minimum Gasteiger partial charge on any atom is -0.462 e. The maximum absolute atomic E-state index is 12.8. The minimum atomic E-state index is -0.811. The summed E-state index contributed by atoms with van der Waals surface area (Å²) in [5.41, 5.74) is 0. The van der Waals surface area contributed by atoms with Gasteiger partial charge >= 0.3 is 17.9 Å². The van der Waals surface area contributed by atoms with Gasteiger partial charge in [-0.15, -0.1) is 0 Å². The van der Waals surface area contributed by atoms with Crippen molar-refractivity contribution in [1.29, 1.82) is 0 Å². The fourth-order valence-electron chi connectivity index (χ4n) is 7.48. The van der Waals surface area contributed by atoms with Gasteiger partial charge in [0.15, 0.2) is 6.10 Å². The highest BCUT2D eigenvalue weighted by molar-refractivity contribution is 5.71. The first kappa shape index (κ1) is 67.5. The van der Waals surface area contributed by atoms with Crippen LogP contribution in [0.3, 0.4) is 0 Å². The van der Waals surface area contributed by atoms with Crippen LogP contribution in [0.25, 0.3) is 0 Å². The van der Waals surface area contributed by atoms with E-state index in [9.17, 15) is 14.4 Å². The quantitative estimate of drug-likeness (QED) is 0.0261. The summed E-state index contributed by atoms with van der Waals surface area (Å²) in [5, 5.41) is 0. The number of hydrogen-bond acceptors (Lipinski definition) is 6. The molecule has 0 saturated heterocycles. The summed E-state index contributed by atoms with van der Waals surface area (Å²) in [5.74, 6) is -0.979. The minimum absolute atomic E-state index is 0.106. The van der Waals surface area contributed by atoms with E-state index < -0.39 is 6.10 Å². The van der Waals surface area contributed by atoms with Gasteiger partial charge in [-0.05, 0) is 141 Å². The molecule has 6 heteroatoms. The maximum Gasteiger partial charge on any atom is 0.306 e. The molecule has 406 valence electrons. The molecule has 0 amide bonds. The number of esters is 3. The molecule has 0 aliphatic heterocycles. The lowest BCUT2D eigenvalue weighted by Gasteiger charge is -2.18. The van der Waals surface area contributed by atoms with Crippen LogP contribution in [0.1, 0.15) is 245 Å². The highest BCUT2D eigenvalue weighted by Crippen LogP contribution is 2.13. The third kappa shape index (κ3) is 56.5. The highest BCUT2D eigenvalue weighted by atomic mass is 16.6. The molecule has 0 bridgehead atoms. The van der Waals surface area contributed by atoms with Gasteiger partial charge in [0.1, 0.15) is 13.2 Å². The molecular formula is C66H106O6. The molecule has 0 radical (unpaired) electrons. The molecule has 1 unspecified atom stereocenters. The van der Waals surface area contributed by atoms with E-state index in [0.717, 1.165) is 141 Å². The van der Waals surface area contributed by atoms with Crippen LogP contribution in [0.15, 0.2) is 134 Å². The monoisotopic (exact) mass is 995 g/mol. The van der Waals surface area contributed by atoms with Crippen molar-refractivity contribution in [1.82, 2.24) is 0 Å². The Morgan fingerprint density at radius 2 is 0.542 bits per heavy atom. The van der Waals surface area contributed by atoms with Crippen LogP contribution in [0.2, 0.25) is 0 Å². The zero-order valence-corrected chi connectivity index (χ0v) is 46.4. The van der Waals surface area contributed by atoms with Crippen molar-refractivity contribution < 1.29 is 28.6 Å². The number of unbranched alkanes of at least 4 members (excludes halogenated alkanes) is 18. The van der Waals surface area contributed by atoms with Crippen molar-refractivity contribution in [2.75, 3.05) is 13.2 Å². The first-order valence-electron chi connectivity index (χ1n) is 29.2. The fourth-order valence-corrected chi connectivity index (χ4v) is 7.48. The standard InChI is InChI=1S/C66H106O6/c1-4-7-10-13-16-19-22-25-27-28-29-30-31-32-33-34-35-36-37-38-40-41-44-47-50-53-56-59-65(68)71-62-63(61-70-64(67)58-55-52-49-46-43-24-21-18-15-12-9-6-3)72-66(69)60-57-54-51-48-45-42-39-26-23-20-17-14-11-8-5-2/h7,10,16-21,25-27,29-30,32-33,35-36,38-40,44,47,63H,4-6,8-9,11-15,22-24,28,31,34,37,41-43,45-46,48-62H2,1-3H3/b10-7-,19-16-,20-17-,21-18-,27-25-,30-29-,33-32-,36-35-,39-26-,40-38-,47-44-. The topological polar surface area (TPSA) is 78.9 Å². The van der Waals surface area contributed by atoms with Gasteiger partial charge < -0.3 is 14.2 Å². The summed E-state index contributed by atoms with van der Waals surface area (Å²) < 4.78 is 16.8. The van der Waals surface area contributed by atoms with Crippen molar-refractivity contribution in [3.05, 3.63) is 134 Å². The van der Waals surface area contributed by atoms with Crippen LogP contribution < -0.4 is 0 Å². The van der Waals surface area contributed by atoms with E-state index in [0.29, 0.717) is 25.7 Å². The predicted molar refractivity (Wildman–Crippen MR) is 311 cm³/mol. The Bertz CT molecular complexity index is 1560. The van der Waals surface area contributed by atoms with E-state index in [2.05, 4.69) is 154 Å². The summed E-state index contributed by atoms with van der Waals surface area (Å²) in [6, 6.07) is 0. The molecule has 0 aromatic heterocycles. The lowest BCUT2D eigenvalue weighted by Crippen LogP contribution is -2.30. The molecule has 0 N–H and O–H groups in total. The van der Waals surface area contributed by atoms with E-state index >= 15 is 0 Å². The van der Waals surface area contributed by atoms with Crippen molar-refractivity contribution in [2.24, 2.45) is 0 Å². The van der Waals surface area contributed by atoms with Crippen molar-refractivity contribution in [3.63, 3.8) is 0 Å². The Balaban J connectivity index is 4.44. The van der Waals surface area contributed by atoms with Gasteiger partial charge in [0.25, 0.3) is 0 Å². The summed E-state index contributed by atoms with van der Waals surface area (Å²) in [6.45, 7) is 6.41.